The van der Waals surface area contributed by atoms with E-state index in [0.717, 1.165) is 38.3 Å². The van der Waals surface area contributed by atoms with Gasteiger partial charge in [0, 0.05) is 12.8 Å². The highest BCUT2D eigenvalue weighted by molar-refractivity contribution is 5.49. The third kappa shape index (κ3) is 15.3. The summed E-state index contributed by atoms with van der Waals surface area (Å²) in [4.78, 5) is 20.2. The molecule has 0 aliphatic heterocycles. The summed E-state index contributed by atoms with van der Waals surface area (Å²) in [5.74, 6) is 0. The third-order valence-corrected chi connectivity index (χ3v) is 3.14. The SMILES string of the molecule is O=CCCCCCCCCCCCCCC=O. The maximum Gasteiger partial charge on any atom is 0.119 e. The van der Waals surface area contributed by atoms with Gasteiger partial charge in [-0.2, -0.15) is 0 Å². The standard InChI is InChI=1S/C15H28O2/c16-14-12-10-8-6-4-2-1-3-5-7-9-11-13-15-17/h14-15H,1-13H2. The smallest absolute Gasteiger partial charge is 0.119 e. The summed E-state index contributed by atoms with van der Waals surface area (Å²) in [6.45, 7) is 0. The van der Waals surface area contributed by atoms with Gasteiger partial charge in [0.05, 0.1) is 0 Å². The van der Waals surface area contributed by atoms with Gasteiger partial charge in [-0.1, -0.05) is 57.8 Å². The van der Waals surface area contributed by atoms with Crippen LogP contribution in [0.5, 0.6) is 0 Å². The Hall–Kier alpha value is -0.660. The maximum atomic E-state index is 10.1. The first kappa shape index (κ1) is 16.3. The number of unbranched alkanes of at least 4 members (excludes halogenated alkanes) is 12. The van der Waals surface area contributed by atoms with E-state index >= 15 is 0 Å². The number of hydrogen-bond donors (Lipinski definition) is 0. The van der Waals surface area contributed by atoms with Gasteiger partial charge in [0.2, 0.25) is 0 Å². The van der Waals surface area contributed by atoms with Crippen molar-refractivity contribution in [3.8, 4) is 0 Å². The molecule has 17 heavy (non-hydrogen) atoms. The Balaban J connectivity index is 2.89. The van der Waals surface area contributed by atoms with Crippen molar-refractivity contribution in [1.82, 2.24) is 0 Å². The topological polar surface area (TPSA) is 34.1 Å². The Morgan fingerprint density at radius 1 is 0.412 bits per heavy atom. The molecule has 0 amide bonds. The second-order valence-electron chi connectivity index (χ2n) is 4.80. The molecule has 0 spiro atoms. The van der Waals surface area contributed by atoms with Crippen molar-refractivity contribution in [3.63, 3.8) is 0 Å². The average Bonchev–Trinajstić information content (AvgIpc) is 2.35. The lowest BCUT2D eigenvalue weighted by molar-refractivity contribution is -0.108. The van der Waals surface area contributed by atoms with Crippen LogP contribution in [0.1, 0.15) is 83.5 Å². The van der Waals surface area contributed by atoms with Crippen LogP contribution in [0.2, 0.25) is 0 Å². The molecule has 0 aromatic heterocycles. The number of carbonyl (C=O) groups is 2. The van der Waals surface area contributed by atoms with Crippen LogP contribution in [-0.4, -0.2) is 12.6 Å². The maximum absolute atomic E-state index is 10.1. The highest BCUT2D eigenvalue weighted by Crippen LogP contribution is 2.11. The Kier molecular flexibility index (Phi) is 14.7. The zero-order valence-corrected chi connectivity index (χ0v) is 11.2. The van der Waals surface area contributed by atoms with Crippen molar-refractivity contribution in [2.45, 2.75) is 83.5 Å². The Labute approximate surface area is 106 Å². The number of hydrogen-bond acceptors (Lipinski definition) is 2. The van der Waals surface area contributed by atoms with E-state index in [1.807, 2.05) is 0 Å². The predicted molar refractivity (Wildman–Crippen MR) is 72.1 cm³/mol. The fourth-order valence-electron chi connectivity index (χ4n) is 2.05. The summed E-state index contributed by atoms with van der Waals surface area (Å²) in [6.07, 6.45) is 17.3. The van der Waals surface area contributed by atoms with Crippen LogP contribution in [0.3, 0.4) is 0 Å². The van der Waals surface area contributed by atoms with E-state index in [1.165, 1.54) is 57.8 Å². The molecule has 0 saturated heterocycles. The summed E-state index contributed by atoms with van der Waals surface area (Å²) >= 11 is 0. The summed E-state index contributed by atoms with van der Waals surface area (Å²) in [5.41, 5.74) is 0. The first-order chi connectivity index (χ1) is 8.41. The fourth-order valence-corrected chi connectivity index (χ4v) is 2.05. The molecule has 0 N–H and O–H groups in total. The summed E-state index contributed by atoms with van der Waals surface area (Å²) < 4.78 is 0. The number of carbonyl (C=O) groups excluding carboxylic acids is 2. The lowest BCUT2D eigenvalue weighted by Crippen LogP contribution is -1.83. The zero-order chi connectivity index (χ0) is 12.6. The van der Waals surface area contributed by atoms with Crippen LogP contribution in [-0.2, 0) is 9.59 Å². The van der Waals surface area contributed by atoms with E-state index < -0.39 is 0 Å². The summed E-state index contributed by atoms with van der Waals surface area (Å²) in [6, 6.07) is 0. The lowest BCUT2D eigenvalue weighted by atomic mass is 10.0. The van der Waals surface area contributed by atoms with Gasteiger partial charge < -0.3 is 9.59 Å². The molecule has 2 nitrogen and oxygen atoms in total. The molecule has 0 heterocycles. The van der Waals surface area contributed by atoms with Gasteiger partial charge in [0.25, 0.3) is 0 Å². The van der Waals surface area contributed by atoms with Crippen LogP contribution < -0.4 is 0 Å². The molecule has 0 aliphatic carbocycles. The van der Waals surface area contributed by atoms with Crippen molar-refractivity contribution in [3.05, 3.63) is 0 Å². The minimum absolute atomic E-state index is 0.737. The minimum atomic E-state index is 0.737. The van der Waals surface area contributed by atoms with Crippen LogP contribution in [0.15, 0.2) is 0 Å². The van der Waals surface area contributed by atoms with Gasteiger partial charge in [0.1, 0.15) is 12.6 Å². The Morgan fingerprint density at radius 3 is 0.882 bits per heavy atom. The average molecular weight is 240 g/mol. The Bertz CT molecular complexity index is 148. The third-order valence-electron chi connectivity index (χ3n) is 3.14. The van der Waals surface area contributed by atoms with E-state index in [2.05, 4.69) is 0 Å². The normalized spacial score (nSPS) is 10.4. The predicted octanol–water partition coefficient (Wildman–Crippen LogP) is 4.46. The zero-order valence-electron chi connectivity index (χ0n) is 11.2. The summed E-state index contributed by atoms with van der Waals surface area (Å²) in [5, 5.41) is 0. The van der Waals surface area contributed by atoms with Gasteiger partial charge in [-0.25, -0.2) is 0 Å². The molecular weight excluding hydrogens is 212 g/mol. The highest BCUT2D eigenvalue weighted by atomic mass is 16.1. The quantitative estimate of drug-likeness (QED) is 0.332. The number of rotatable bonds is 14. The van der Waals surface area contributed by atoms with Crippen molar-refractivity contribution in [1.29, 1.82) is 0 Å². The van der Waals surface area contributed by atoms with Gasteiger partial charge in [0.15, 0.2) is 0 Å². The molecule has 0 bridgehead atoms. The summed E-state index contributed by atoms with van der Waals surface area (Å²) in [7, 11) is 0. The fraction of sp³-hybridized carbons (Fsp3) is 0.867. The second kappa shape index (κ2) is 15.3. The molecule has 100 valence electrons. The van der Waals surface area contributed by atoms with E-state index in [9.17, 15) is 9.59 Å². The lowest BCUT2D eigenvalue weighted by Gasteiger charge is -2.01. The molecule has 0 aromatic rings. The van der Waals surface area contributed by atoms with E-state index in [4.69, 9.17) is 0 Å². The molecule has 0 unspecified atom stereocenters. The van der Waals surface area contributed by atoms with Gasteiger partial charge >= 0.3 is 0 Å². The van der Waals surface area contributed by atoms with E-state index in [1.54, 1.807) is 0 Å². The molecule has 0 aromatic carbocycles. The minimum Gasteiger partial charge on any atom is -0.303 e. The molecule has 0 rings (SSSR count). The molecule has 0 fully saturated rings. The van der Waals surface area contributed by atoms with Crippen LogP contribution in [0.25, 0.3) is 0 Å². The Morgan fingerprint density at radius 2 is 0.647 bits per heavy atom. The monoisotopic (exact) mass is 240 g/mol. The highest BCUT2D eigenvalue weighted by Gasteiger charge is 1.93. The second-order valence-corrected chi connectivity index (χ2v) is 4.80. The molecule has 0 saturated carbocycles. The van der Waals surface area contributed by atoms with E-state index in [0.29, 0.717) is 0 Å². The van der Waals surface area contributed by atoms with Crippen molar-refractivity contribution in [2.75, 3.05) is 0 Å². The number of aldehydes is 2. The van der Waals surface area contributed by atoms with Gasteiger partial charge in [-0.15, -0.1) is 0 Å². The van der Waals surface area contributed by atoms with Crippen LogP contribution >= 0.6 is 0 Å². The van der Waals surface area contributed by atoms with Gasteiger partial charge in [-0.3, -0.25) is 0 Å². The van der Waals surface area contributed by atoms with Crippen molar-refractivity contribution >= 4 is 12.6 Å². The molecule has 2 heteroatoms. The molecular formula is C15H28O2. The first-order valence-corrected chi connectivity index (χ1v) is 7.29. The first-order valence-electron chi connectivity index (χ1n) is 7.29. The van der Waals surface area contributed by atoms with Gasteiger partial charge in [-0.05, 0) is 12.8 Å². The molecule has 0 atom stereocenters. The molecule has 0 aliphatic rings. The largest absolute Gasteiger partial charge is 0.303 e. The van der Waals surface area contributed by atoms with Crippen LogP contribution in [0.4, 0.5) is 0 Å². The van der Waals surface area contributed by atoms with E-state index in [-0.39, 0.29) is 0 Å². The van der Waals surface area contributed by atoms with Crippen LogP contribution in [0, 0.1) is 0 Å². The van der Waals surface area contributed by atoms with Crippen molar-refractivity contribution in [2.24, 2.45) is 0 Å². The molecule has 0 radical (unpaired) electrons. The van der Waals surface area contributed by atoms with Crippen molar-refractivity contribution < 1.29 is 9.59 Å².